The third-order valence-electron chi connectivity index (χ3n) is 2.15. The van der Waals surface area contributed by atoms with E-state index in [-0.39, 0.29) is 0 Å². The van der Waals surface area contributed by atoms with E-state index in [9.17, 15) is 0 Å². The SMILES string of the molecule is CCc1ccc(CC)c(C=N)c1. The Hall–Kier alpha value is -1.11. The monoisotopic (exact) mass is 161 g/mol. The van der Waals surface area contributed by atoms with Gasteiger partial charge in [-0.1, -0.05) is 26.0 Å². The van der Waals surface area contributed by atoms with Gasteiger partial charge in [-0.3, -0.25) is 0 Å². The van der Waals surface area contributed by atoms with Crippen molar-refractivity contribution in [3.05, 3.63) is 34.9 Å². The van der Waals surface area contributed by atoms with Gasteiger partial charge in [-0.2, -0.15) is 0 Å². The summed E-state index contributed by atoms with van der Waals surface area (Å²) in [5.74, 6) is 0. The maximum absolute atomic E-state index is 7.23. The highest BCUT2D eigenvalue weighted by atomic mass is 14.3. The zero-order valence-electron chi connectivity index (χ0n) is 7.72. The lowest BCUT2D eigenvalue weighted by Gasteiger charge is -2.04. The van der Waals surface area contributed by atoms with Crippen LogP contribution in [0, 0.1) is 5.41 Å². The molecule has 0 aliphatic heterocycles. The van der Waals surface area contributed by atoms with Gasteiger partial charge in [-0.15, -0.1) is 0 Å². The molecule has 64 valence electrons. The zero-order valence-corrected chi connectivity index (χ0v) is 7.72. The summed E-state index contributed by atoms with van der Waals surface area (Å²) >= 11 is 0. The van der Waals surface area contributed by atoms with Gasteiger partial charge < -0.3 is 5.41 Å². The molecule has 0 aromatic heterocycles. The lowest BCUT2D eigenvalue weighted by molar-refractivity contribution is 1.09. The Morgan fingerprint density at radius 1 is 1.25 bits per heavy atom. The quantitative estimate of drug-likeness (QED) is 0.659. The molecule has 1 nitrogen and oxygen atoms in total. The number of rotatable bonds is 3. The topological polar surface area (TPSA) is 23.9 Å². The van der Waals surface area contributed by atoms with Crippen molar-refractivity contribution < 1.29 is 0 Å². The van der Waals surface area contributed by atoms with Crippen molar-refractivity contribution in [3.8, 4) is 0 Å². The smallest absolute Gasteiger partial charge is 0.0253 e. The lowest BCUT2D eigenvalue weighted by Crippen LogP contribution is -1.92. The number of nitrogens with one attached hydrogen (secondary N) is 1. The summed E-state index contributed by atoms with van der Waals surface area (Å²) in [6.45, 7) is 4.25. The molecule has 1 rings (SSSR count). The van der Waals surface area contributed by atoms with E-state index < -0.39 is 0 Å². The third-order valence-corrected chi connectivity index (χ3v) is 2.15. The second-order valence-electron chi connectivity index (χ2n) is 2.88. The van der Waals surface area contributed by atoms with Crippen molar-refractivity contribution in [2.75, 3.05) is 0 Å². The molecule has 0 fully saturated rings. The van der Waals surface area contributed by atoms with Crippen LogP contribution in [-0.4, -0.2) is 6.21 Å². The molecule has 0 heterocycles. The molecule has 0 amide bonds. The van der Waals surface area contributed by atoms with Crippen molar-refractivity contribution in [3.63, 3.8) is 0 Å². The summed E-state index contributed by atoms with van der Waals surface area (Å²) in [4.78, 5) is 0. The highest BCUT2D eigenvalue weighted by Gasteiger charge is 1.98. The van der Waals surface area contributed by atoms with Crippen LogP contribution in [0.15, 0.2) is 18.2 Å². The van der Waals surface area contributed by atoms with Crippen LogP contribution >= 0.6 is 0 Å². The van der Waals surface area contributed by atoms with Gasteiger partial charge in [0.25, 0.3) is 0 Å². The maximum atomic E-state index is 7.23. The molecule has 0 aliphatic rings. The van der Waals surface area contributed by atoms with Gasteiger partial charge in [0.1, 0.15) is 0 Å². The Morgan fingerprint density at radius 2 is 2.00 bits per heavy atom. The van der Waals surface area contributed by atoms with E-state index in [2.05, 4.69) is 32.0 Å². The first kappa shape index (κ1) is 8.98. The average Bonchev–Trinajstić information content (AvgIpc) is 2.16. The van der Waals surface area contributed by atoms with E-state index in [0.717, 1.165) is 18.4 Å². The van der Waals surface area contributed by atoms with Gasteiger partial charge >= 0.3 is 0 Å². The van der Waals surface area contributed by atoms with Crippen molar-refractivity contribution in [2.45, 2.75) is 26.7 Å². The Labute approximate surface area is 73.9 Å². The minimum Gasteiger partial charge on any atom is -0.308 e. The highest BCUT2D eigenvalue weighted by Crippen LogP contribution is 2.11. The van der Waals surface area contributed by atoms with Gasteiger partial charge in [0.2, 0.25) is 0 Å². The summed E-state index contributed by atoms with van der Waals surface area (Å²) in [7, 11) is 0. The van der Waals surface area contributed by atoms with E-state index >= 15 is 0 Å². The third kappa shape index (κ3) is 1.73. The first-order valence-corrected chi connectivity index (χ1v) is 4.44. The highest BCUT2D eigenvalue weighted by molar-refractivity contribution is 5.79. The van der Waals surface area contributed by atoms with Gasteiger partial charge in [-0.25, -0.2) is 0 Å². The molecule has 0 saturated heterocycles. The lowest BCUT2D eigenvalue weighted by atomic mass is 10.0. The first-order chi connectivity index (χ1) is 5.81. The summed E-state index contributed by atoms with van der Waals surface area (Å²) in [6, 6.07) is 6.37. The molecule has 0 radical (unpaired) electrons. The Balaban J connectivity index is 3.10. The normalized spacial score (nSPS) is 9.83. The van der Waals surface area contributed by atoms with Crippen molar-refractivity contribution >= 4 is 6.21 Å². The maximum Gasteiger partial charge on any atom is 0.0253 e. The molecule has 0 spiro atoms. The minimum absolute atomic E-state index is 1.01. The van der Waals surface area contributed by atoms with Crippen molar-refractivity contribution in [2.24, 2.45) is 0 Å². The molecule has 1 N–H and O–H groups in total. The first-order valence-electron chi connectivity index (χ1n) is 4.44. The van der Waals surface area contributed by atoms with Crippen LogP contribution in [0.4, 0.5) is 0 Å². The summed E-state index contributed by atoms with van der Waals surface area (Å²) in [6.07, 6.45) is 3.50. The van der Waals surface area contributed by atoms with E-state index in [4.69, 9.17) is 5.41 Å². The molecule has 1 aromatic carbocycles. The van der Waals surface area contributed by atoms with Crippen LogP contribution in [0.2, 0.25) is 0 Å². The Morgan fingerprint density at radius 3 is 2.50 bits per heavy atom. The van der Waals surface area contributed by atoms with Crippen LogP contribution in [0.3, 0.4) is 0 Å². The molecule has 0 saturated carbocycles. The molecule has 1 heteroatoms. The molecule has 0 aliphatic carbocycles. The van der Waals surface area contributed by atoms with Gasteiger partial charge in [0.15, 0.2) is 0 Å². The molecular weight excluding hydrogens is 146 g/mol. The number of aryl methyl sites for hydroxylation is 2. The van der Waals surface area contributed by atoms with Gasteiger partial charge in [0.05, 0.1) is 0 Å². The second kappa shape index (κ2) is 4.05. The summed E-state index contributed by atoms with van der Waals surface area (Å²) < 4.78 is 0. The summed E-state index contributed by atoms with van der Waals surface area (Å²) in [5, 5.41) is 7.23. The largest absolute Gasteiger partial charge is 0.308 e. The minimum atomic E-state index is 1.01. The predicted octanol–water partition coefficient (Wildman–Crippen LogP) is 2.81. The van der Waals surface area contributed by atoms with E-state index in [0.29, 0.717) is 0 Å². The van der Waals surface area contributed by atoms with Gasteiger partial charge in [0, 0.05) is 6.21 Å². The van der Waals surface area contributed by atoms with Crippen molar-refractivity contribution in [1.29, 1.82) is 5.41 Å². The molecule has 0 unspecified atom stereocenters. The van der Waals surface area contributed by atoms with E-state index in [1.54, 1.807) is 0 Å². The van der Waals surface area contributed by atoms with E-state index in [1.807, 2.05) is 0 Å². The number of hydrogen-bond acceptors (Lipinski definition) is 1. The van der Waals surface area contributed by atoms with E-state index in [1.165, 1.54) is 17.3 Å². The van der Waals surface area contributed by atoms with Crippen LogP contribution < -0.4 is 0 Å². The molecular formula is C11H15N. The molecule has 0 bridgehead atoms. The number of hydrogen-bond donors (Lipinski definition) is 1. The van der Waals surface area contributed by atoms with Gasteiger partial charge in [-0.05, 0) is 35.6 Å². The predicted molar refractivity (Wildman–Crippen MR) is 53.1 cm³/mol. The van der Waals surface area contributed by atoms with Crippen molar-refractivity contribution in [1.82, 2.24) is 0 Å². The fraction of sp³-hybridized carbons (Fsp3) is 0.364. The van der Waals surface area contributed by atoms with Crippen LogP contribution in [-0.2, 0) is 12.8 Å². The standard InChI is InChI=1S/C11H15N/c1-3-9-5-6-10(4-2)11(7-9)8-12/h5-8,12H,3-4H2,1-2H3. The zero-order chi connectivity index (χ0) is 8.97. The average molecular weight is 161 g/mol. The Bertz CT molecular complexity index is 276. The molecule has 12 heavy (non-hydrogen) atoms. The Kier molecular flexibility index (Phi) is 3.03. The number of benzene rings is 1. The van der Waals surface area contributed by atoms with Crippen LogP contribution in [0.1, 0.15) is 30.5 Å². The second-order valence-corrected chi connectivity index (χ2v) is 2.88. The molecule has 1 aromatic rings. The fourth-order valence-corrected chi connectivity index (χ4v) is 1.32. The summed E-state index contributed by atoms with van der Waals surface area (Å²) in [5.41, 5.74) is 3.64. The fourth-order valence-electron chi connectivity index (χ4n) is 1.32. The molecule has 0 atom stereocenters. The van der Waals surface area contributed by atoms with Crippen LogP contribution in [0.25, 0.3) is 0 Å². The van der Waals surface area contributed by atoms with Crippen LogP contribution in [0.5, 0.6) is 0 Å².